The van der Waals surface area contributed by atoms with Gasteiger partial charge in [-0.15, -0.1) is 6.58 Å². The van der Waals surface area contributed by atoms with Gasteiger partial charge in [0, 0.05) is 11.9 Å². The van der Waals surface area contributed by atoms with E-state index in [1.54, 1.807) is 16.8 Å². The maximum Gasteiger partial charge on any atom is 0.328 e. The molecular weight excluding hydrogens is 324 g/mol. The van der Waals surface area contributed by atoms with Gasteiger partial charge in [-0.1, -0.05) is 6.08 Å². The van der Waals surface area contributed by atoms with E-state index in [4.69, 9.17) is 9.84 Å². The van der Waals surface area contributed by atoms with Crippen molar-refractivity contribution in [3.05, 3.63) is 54.0 Å². The highest BCUT2D eigenvalue weighted by atomic mass is 16.5. The zero-order chi connectivity index (χ0) is 18.4. The highest BCUT2D eigenvalue weighted by Crippen LogP contribution is 2.10. The summed E-state index contributed by atoms with van der Waals surface area (Å²) in [6.07, 6.45) is 2.88. The molecule has 8 heteroatoms. The number of hydrogen-bond acceptors (Lipinski definition) is 5. The van der Waals surface area contributed by atoms with E-state index in [0.29, 0.717) is 5.82 Å². The van der Waals surface area contributed by atoms with Crippen molar-refractivity contribution in [1.82, 2.24) is 20.1 Å². The molecule has 2 aromatic rings. The summed E-state index contributed by atoms with van der Waals surface area (Å²) in [6, 6.07) is 3.99. The molecule has 1 atom stereocenters. The fraction of sp³-hybridized carbons (Fsp3) is 0.294. The number of nitrogens with zero attached hydrogens (tertiary/aromatic N) is 3. The third kappa shape index (κ3) is 4.74. The molecule has 2 heterocycles. The molecule has 0 aliphatic carbocycles. The Balaban J connectivity index is 2.07. The summed E-state index contributed by atoms with van der Waals surface area (Å²) in [4.78, 5) is 27.6. The maximum atomic E-state index is 12.2. The zero-order valence-electron chi connectivity index (χ0n) is 14.1. The van der Waals surface area contributed by atoms with Gasteiger partial charge in [-0.05, 0) is 32.0 Å². The Kier molecular flexibility index (Phi) is 6.02. The van der Waals surface area contributed by atoms with E-state index >= 15 is 0 Å². The predicted molar refractivity (Wildman–Crippen MR) is 90.7 cm³/mol. The number of carboxylic acid groups (broad SMARTS) is 1. The molecule has 0 bridgehead atoms. The number of carboxylic acids is 1. The second-order valence-corrected chi connectivity index (χ2v) is 5.43. The number of rotatable bonds is 8. The average molecular weight is 344 g/mol. The number of pyridine rings is 1. The highest BCUT2D eigenvalue weighted by Gasteiger charge is 2.21. The largest absolute Gasteiger partial charge is 0.480 e. The van der Waals surface area contributed by atoms with Crippen molar-refractivity contribution < 1.29 is 19.4 Å². The first-order chi connectivity index (χ1) is 11.9. The molecule has 0 fully saturated rings. The van der Waals surface area contributed by atoms with Crippen LogP contribution in [0.15, 0.2) is 37.1 Å². The third-order valence-electron chi connectivity index (χ3n) is 3.36. The number of carbonyl (C=O) groups excluding carboxylic acids is 1. The molecule has 0 aromatic carbocycles. The van der Waals surface area contributed by atoms with Crippen molar-refractivity contribution in [1.29, 1.82) is 0 Å². The first-order valence-corrected chi connectivity index (χ1v) is 7.64. The molecule has 0 aliphatic heterocycles. The SMILES string of the molecule is C=CCOCC(NC(=O)c1ccc(-n2nc(C)cc2C)nc1)C(=O)O. The monoisotopic (exact) mass is 344 g/mol. The fourth-order valence-corrected chi connectivity index (χ4v) is 2.19. The van der Waals surface area contributed by atoms with Gasteiger partial charge in [-0.3, -0.25) is 4.79 Å². The first kappa shape index (κ1) is 18.3. The average Bonchev–Trinajstić information content (AvgIpc) is 2.92. The van der Waals surface area contributed by atoms with Gasteiger partial charge in [-0.2, -0.15) is 5.10 Å². The van der Waals surface area contributed by atoms with Gasteiger partial charge in [0.25, 0.3) is 5.91 Å². The predicted octanol–water partition coefficient (Wildman–Crippen LogP) is 1.27. The number of hydrogen-bond donors (Lipinski definition) is 2. The molecule has 0 radical (unpaired) electrons. The molecule has 25 heavy (non-hydrogen) atoms. The van der Waals surface area contributed by atoms with Crippen molar-refractivity contribution in [2.75, 3.05) is 13.2 Å². The van der Waals surface area contributed by atoms with Crippen LogP contribution in [0.1, 0.15) is 21.7 Å². The molecule has 132 valence electrons. The summed E-state index contributed by atoms with van der Waals surface area (Å²) < 4.78 is 6.76. The van der Waals surface area contributed by atoms with E-state index in [-0.39, 0.29) is 18.8 Å². The lowest BCUT2D eigenvalue weighted by Crippen LogP contribution is -2.44. The number of aliphatic carboxylic acids is 1. The second-order valence-electron chi connectivity index (χ2n) is 5.43. The van der Waals surface area contributed by atoms with Crippen LogP contribution in [0.4, 0.5) is 0 Å². The van der Waals surface area contributed by atoms with E-state index in [1.807, 2.05) is 19.9 Å². The minimum Gasteiger partial charge on any atom is -0.480 e. The molecular formula is C17H20N4O4. The summed E-state index contributed by atoms with van der Waals surface area (Å²) in [6.45, 7) is 7.32. The highest BCUT2D eigenvalue weighted by molar-refractivity contribution is 5.96. The van der Waals surface area contributed by atoms with E-state index in [2.05, 4.69) is 22.0 Å². The van der Waals surface area contributed by atoms with E-state index < -0.39 is 17.9 Å². The van der Waals surface area contributed by atoms with Gasteiger partial charge < -0.3 is 15.2 Å². The standard InChI is InChI=1S/C17H20N4O4/c1-4-7-25-10-14(17(23)24)19-16(22)13-5-6-15(18-9-13)21-12(3)8-11(2)20-21/h4-6,8-9,14H,1,7,10H2,2-3H3,(H,19,22)(H,23,24). The Bertz CT molecular complexity index is 767. The van der Waals surface area contributed by atoms with Gasteiger partial charge in [0.05, 0.1) is 24.5 Å². The van der Waals surface area contributed by atoms with Crippen molar-refractivity contribution in [3.8, 4) is 5.82 Å². The minimum absolute atomic E-state index is 0.148. The first-order valence-electron chi connectivity index (χ1n) is 7.64. The molecule has 8 nitrogen and oxygen atoms in total. The van der Waals surface area contributed by atoms with Gasteiger partial charge in [-0.25, -0.2) is 14.5 Å². The van der Waals surface area contributed by atoms with Gasteiger partial charge in [0.2, 0.25) is 0 Å². The molecule has 0 saturated carbocycles. The lowest BCUT2D eigenvalue weighted by molar-refractivity contribution is -0.140. The number of aryl methyl sites for hydroxylation is 2. The third-order valence-corrected chi connectivity index (χ3v) is 3.36. The number of nitrogens with one attached hydrogen (secondary N) is 1. The Labute approximate surface area is 145 Å². The Hall–Kier alpha value is -3.00. The zero-order valence-corrected chi connectivity index (χ0v) is 14.1. The minimum atomic E-state index is -1.18. The van der Waals surface area contributed by atoms with Crippen LogP contribution in [-0.2, 0) is 9.53 Å². The van der Waals surface area contributed by atoms with Crippen LogP contribution in [-0.4, -0.2) is 51.0 Å². The Morgan fingerprint density at radius 2 is 2.20 bits per heavy atom. The van der Waals surface area contributed by atoms with E-state index in [9.17, 15) is 9.59 Å². The Morgan fingerprint density at radius 3 is 2.72 bits per heavy atom. The van der Waals surface area contributed by atoms with Crippen molar-refractivity contribution in [3.63, 3.8) is 0 Å². The fourth-order valence-electron chi connectivity index (χ4n) is 2.19. The van der Waals surface area contributed by atoms with Crippen LogP contribution in [0.25, 0.3) is 5.82 Å². The number of aromatic nitrogens is 3. The van der Waals surface area contributed by atoms with Crippen LogP contribution in [0.3, 0.4) is 0 Å². The smallest absolute Gasteiger partial charge is 0.328 e. The van der Waals surface area contributed by atoms with E-state index in [0.717, 1.165) is 11.4 Å². The van der Waals surface area contributed by atoms with Gasteiger partial charge in [0.1, 0.15) is 0 Å². The molecule has 0 spiro atoms. The summed E-state index contributed by atoms with van der Waals surface area (Å²) in [5.74, 6) is -1.14. The summed E-state index contributed by atoms with van der Waals surface area (Å²) in [5, 5.41) is 15.9. The lowest BCUT2D eigenvalue weighted by atomic mass is 10.2. The van der Waals surface area contributed by atoms with Crippen LogP contribution >= 0.6 is 0 Å². The summed E-state index contributed by atoms with van der Waals surface area (Å²) in [7, 11) is 0. The van der Waals surface area contributed by atoms with Crippen molar-refractivity contribution in [2.45, 2.75) is 19.9 Å². The molecule has 1 amide bonds. The van der Waals surface area contributed by atoms with Crippen molar-refractivity contribution in [2.24, 2.45) is 0 Å². The molecule has 1 unspecified atom stereocenters. The van der Waals surface area contributed by atoms with Gasteiger partial charge in [0.15, 0.2) is 11.9 Å². The van der Waals surface area contributed by atoms with Gasteiger partial charge >= 0.3 is 5.97 Å². The lowest BCUT2D eigenvalue weighted by Gasteiger charge is -2.14. The molecule has 0 aliphatic rings. The number of carbonyl (C=O) groups is 2. The molecule has 2 N–H and O–H groups in total. The van der Waals surface area contributed by atoms with Crippen LogP contribution in [0.5, 0.6) is 0 Å². The van der Waals surface area contributed by atoms with Crippen molar-refractivity contribution >= 4 is 11.9 Å². The topological polar surface area (TPSA) is 106 Å². The molecule has 0 saturated heterocycles. The van der Waals surface area contributed by atoms with E-state index in [1.165, 1.54) is 12.3 Å². The van der Waals surface area contributed by atoms with Crippen LogP contribution < -0.4 is 5.32 Å². The maximum absolute atomic E-state index is 12.2. The second kappa shape index (κ2) is 8.20. The Morgan fingerprint density at radius 1 is 1.44 bits per heavy atom. The van der Waals surface area contributed by atoms with Crippen LogP contribution in [0.2, 0.25) is 0 Å². The quantitative estimate of drug-likeness (QED) is 0.552. The number of ether oxygens (including phenoxy) is 1. The molecule has 2 aromatic heterocycles. The number of amides is 1. The summed E-state index contributed by atoms with van der Waals surface area (Å²) >= 11 is 0. The van der Waals surface area contributed by atoms with Crippen LogP contribution in [0, 0.1) is 13.8 Å². The summed E-state index contributed by atoms with van der Waals surface area (Å²) in [5.41, 5.74) is 2.04. The normalized spacial score (nSPS) is 11.8. The molecule has 2 rings (SSSR count).